The molecule has 0 spiro atoms. The number of rotatable bonds is 6. The number of nitrogens with zero attached hydrogens (tertiary/aromatic N) is 3. The Hall–Kier alpha value is -1.82. The molecule has 1 heterocycles. The van der Waals surface area contributed by atoms with Crippen molar-refractivity contribution >= 4 is 45.3 Å². The van der Waals surface area contributed by atoms with Crippen LogP contribution in [0.3, 0.4) is 0 Å². The Kier molecular flexibility index (Phi) is 10.5. The number of aromatic nitrogens is 3. The van der Waals surface area contributed by atoms with Crippen molar-refractivity contribution in [2.45, 2.75) is 81.9 Å². The summed E-state index contributed by atoms with van der Waals surface area (Å²) in [4.78, 5) is 3.99. The lowest BCUT2D eigenvalue weighted by Gasteiger charge is -2.24. The van der Waals surface area contributed by atoms with Crippen molar-refractivity contribution in [2.24, 2.45) is 0 Å². The molecular formula is C23H28Cl2F3N3O4S. The molecule has 4 rings (SSSR count). The molecule has 7 nitrogen and oxygen atoms in total. The second kappa shape index (κ2) is 13.1. The molecular weight excluding hydrogens is 542 g/mol. The van der Waals surface area contributed by atoms with Gasteiger partial charge < -0.3 is 4.74 Å². The van der Waals surface area contributed by atoms with Crippen LogP contribution in [-0.2, 0) is 19.0 Å². The molecule has 0 amide bonds. The van der Waals surface area contributed by atoms with Gasteiger partial charge in [0.25, 0.3) is 0 Å². The van der Waals surface area contributed by atoms with Crippen molar-refractivity contribution in [2.75, 3.05) is 0 Å². The number of halogens is 5. The topological polar surface area (TPSA) is 83.3 Å². The first-order valence-corrected chi connectivity index (χ1v) is 13.9. The summed E-state index contributed by atoms with van der Waals surface area (Å²) in [5.74, 6) is 0.633. The Bertz CT molecular complexity index is 1100. The van der Waals surface area contributed by atoms with E-state index in [1.807, 2.05) is 12.1 Å². The Morgan fingerprint density at radius 1 is 1.00 bits per heavy atom. The Labute approximate surface area is 218 Å². The highest BCUT2D eigenvalue weighted by molar-refractivity contribution is 7.87. The summed E-state index contributed by atoms with van der Waals surface area (Å²) in [6.07, 6.45) is 13.4. The summed E-state index contributed by atoms with van der Waals surface area (Å²) < 4.78 is 68.6. The van der Waals surface area contributed by atoms with Gasteiger partial charge in [0.1, 0.15) is 18.8 Å². The molecule has 2 aromatic rings. The molecule has 13 heteroatoms. The van der Waals surface area contributed by atoms with Gasteiger partial charge in [-0.05, 0) is 56.2 Å². The van der Waals surface area contributed by atoms with Crippen LogP contribution in [0.5, 0.6) is 0 Å². The minimum atomic E-state index is -5.40. The highest BCUT2D eigenvalue weighted by atomic mass is 35.5. The van der Waals surface area contributed by atoms with Gasteiger partial charge in [0.15, 0.2) is 0 Å². The van der Waals surface area contributed by atoms with Crippen molar-refractivity contribution in [1.29, 1.82) is 0 Å². The fraction of sp³-hybridized carbons (Fsp3) is 0.565. The summed E-state index contributed by atoms with van der Waals surface area (Å²) in [6, 6.07) is 5.39. The lowest BCUT2D eigenvalue weighted by molar-refractivity contribution is -0.0584. The fourth-order valence-electron chi connectivity index (χ4n) is 3.98. The van der Waals surface area contributed by atoms with Crippen LogP contribution in [0.2, 0.25) is 10.0 Å². The van der Waals surface area contributed by atoms with Crippen molar-refractivity contribution in [3.05, 3.63) is 46.5 Å². The van der Waals surface area contributed by atoms with E-state index in [0.717, 1.165) is 37.7 Å². The second-order valence-corrected chi connectivity index (χ2v) is 11.0. The normalized spacial score (nSPS) is 18.4. The predicted molar refractivity (Wildman–Crippen MR) is 132 cm³/mol. The summed E-state index contributed by atoms with van der Waals surface area (Å²) >= 11 is 12.2. The first-order chi connectivity index (χ1) is 17.0. The fourth-order valence-corrected chi connectivity index (χ4v) is 5.10. The van der Waals surface area contributed by atoms with Crippen LogP contribution in [0.1, 0.15) is 69.8 Å². The molecule has 1 aromatic heterocycles. The summed E-state index contributed by atoms with van der Waals surface area (Å²) in [7, 11) is -5.40. The van der Waals surface area contributed by atoms with Gasteiger partial charge in [-0.2, -0.15) is 31.4 Å². The molecule has 200 valence electrons. The van der Waals surface area contributed by atoms with E-state index in [1.165, 1.54) is 25.6 Å². The quantitative estimate of drug-likeness (QED) is 0.210. The molecule has 2 aliphatic carbocycles. The number of alkyl halides is 3. The molecule has 0 aliphatic heterocycles. The Morgan fingerprint density at radius 2 is 1.61 bits per heavy atom. The molecule has 0 bridgehead atoms. The van der Waals surface area contributed by atoms with Gasteiger partial charge in [-0.15, -0.1) is 0 Å². The van der Waals surface area contributed by atoms with Gasteiger partial charge in [0.05, 0.1) is 6.10 Å². The third kappa shape index (κ3) is 8.64. The maximum absolute atomic E-state index is 11.9. The van der Waals surface area contributed by atoms with E-state index in [1.54, 1.807) is 23.1 Å². The predicted octanol–water partition coefficient (Wildman–Crippen LogP) is 7.08. The molecule has 2 fully saturated rings. The van der Waals surface area contributed by atoms with E-state index in [0.29, 0.717) is 28.8 Å². The van der Waals surface area contributed by atoms with Gasteiger partial charge in [-0.1, -0.05) is 55.0 Å². The number of benzene rings is 1. The molecule has 1 aromatic carbocycles. The molecule has 0 atom stereocenters. The van der Waals surface area contributed by atoms with Crippen LogP contribution < -0.4 is 0 Å². The van der Waals surface area contributed by atoms with E-state index in [-0.39, 0.29) is 6.10 Å². The molecule has 36 heavy (non-hydrogen) atoms. The lowest BCUT2D eigenvalue weighted by Crippen LogP contribution is -2.31. The number of ether oxygens (including phenoxy) is 1. The minimum Gasteiger partial charge on any atom is -0.474 e. The molecule has 0 radical (unpaired) electrons. The van der Waals surface area contributed by atoms with E-state index < -0.39 is 21.7 Å². The molecule has 0 N–H and O–H groups in total. The van der Waals surface area contributed by atoms with Gasteiger partial charge in [0.2, 0.25) is 5.88 Å². The van der Waals surface area contributed by atoms with E-state index in [2.05, 4.69) is 14.3 Å². The molecule has 0 saturated heterocycles. The van der Waals surface area contributed by atoms with Crippen molar-refractivity contribution < 1.29 is 30.5 Å². The van der Waals surface area contributed by atoms with Crippen molar-refractivity contribution in [3.8, 4) is 0 Å². The van der Waals surface area contributed by atoms with Crippen LogP contribution in [0, 0.1) is 0 Å². The first kappa shape index (κ1) is 28.7. The van der Waals surface area contributed by atoms with Gasteiger partial charge in [-0.3, -0.25) is 4.18 Å². The second-order valence-electron chi connectivity index (χ2n) is 8.62. The maximum Gasteiger partial charge on any atom is 0.523 e. The first-order valence-electron chi connectivity index (χ1n) is 11.7. The average molecular weight is 570 g/mol. The van der Waals surface area contributed by atoms with Crippen LogP contribution >= 0.6 is 23.2 Å². The van der Waals surface area contributed by atoms with Crippen LogP contribution in [0.25, 0.3) is 12.0 Å². The third-order valence-corrected chi connectivity index (χ3v) is 7.48. The SMILES string of the molecule is Clc1ccc(C=C(OC2CCCCC2)n2cncn2)c(Cl)c1.O=S(=O)(OC1CCCCC1)C(F)(F)F. The summed E-state index contributed by atoms with van der Waals surface area (Å²) in [6.45, 7) is 0. The smallest absolute Gasteiger partial charge is 0.474 e. The zero-order valence-electron chi connectivity index (χ0n) is 19.5. The average Bonchev–Trinajstić information content (AvgIpc) is 3.36. The summed E-state index contributed by atoms with van der Waals surface area (Å²) in [5, 5.41) is 5.36. The molecule has 2 aliphatic rings. The minimum absolute atomic E-state index is 0.218. The van der Waals surface area contributed by atoms with Crippen molar-refractivity contribution in [1.82, 2.24) is 14.8 Å². The van der Waals surface area contributed by atoms with Crippen LogP contribution in [-0.4, -0.2) is 40.9 Å². The highest BCUT2D eigenvalue weighted by Crippen LogP contribution is 2.30. The lowest BCUT2D eigenvalue weighted by atomic mass is 9.98. The van der Waals surface area contributed by atoms with E-state index >= 15 is 0 Å². The highest BCUT2D eigenvalue weighted by Gasteiger charge is 2.48. The van der Waals surface area contributed by atoms with Crippen LogP contribution in [0.15, 0.2) is 30.9 Å². The zero-order chi connectivity index (χ0) is 26.2. The maximum atomic E-state index is 11.9. The molecule has 2 saturated carbocycles. The number of hydrogen-bond donors (Lipinski definition) is 0. The number of hydrogen-bond acceptors (Lipinski definition) is 6. The molecule has 0 unspecified atom stereocenters. The van der Waals surface area contributed by atoms with E-state index in [4.69, 9.17) is 27.9 Å². The largest absolute Gasteiger partial charge is 0.523 e. The van der Waals surface area contributed by atoms with Crippen molar-refractivity contribution in [3.63, 3.8) is 0 Å². The zero-order valence-corrected chi connectivity index (χ0v) is 21.8. The summed E-state index contributed by atoms with van der Waals surface area (Å²) in [5.41, 5.74) is -4.46. The monoisotopic (exact) mass is 569 g/mol. The van der Waals surface area contributed by atoms with Gasteiger partial charge in [-0.25, -0.2) is 4.98 Å². The Balaban J connectivity index is 0.000000223. The van der Waals surface area contributed by atoms with E-state index in [9.17, 15) is 21.6 Å². The van der Waals surface area contributed by atoms with Gasteiger partial charge in [0, 0.05) is 16.1 Å². The third-order valence-electron chi connectivity index (χ3n) is 5.82. The van der Waals surface area contributed by atoms with Crippen LogP contribution in [0.4, 0.5) is 13.2 Å². The Morgan fingerprint density at radius 3 is 2.14 bits per heavy atom. The van der Waals surface area contributed by atoms with Gasteiger partial charge >= 0.3 is 15.6 Å². The standard InChI is InChI=1S/C16H17Cl2N3O.C7H11F3O3S/c17-13-7-6-12(15(18)9-13)8-16(21-11-19-10-20-21)22-14-4-2-1-3-5-14;8-7(9,10)14(11,12)13-6-4-2-1-3-5-6/h6-11,14H,1-5H2;6H,1-5H2.